The van der Waals surface area contributed by atoms with Gasteiger partial charge in [-0.05, 0) is 169 Å². The molecule has 2 atom stereocenters. The summed E-state index contributed by atoms with van der Waals surface area (Å²) in [6, 6.07) is 20.1. The van der Waals surface area contributed by atoms with E-state index in [0.717, 1.165) is 73.0 Å². The second-order valence-corrected chi connectivity index (χ2v) is 26.9. The predicted molar refractivity (Wildman–Crippen MR) is 349 cm³/mol. The van der Waals surface area contributed by atoms with E-state index in [0.29, 0.717) is 74.2 Å². The van der Waals surface area contributed by atoms with E-state index in [-0.39, 0.29) is 62.9 Å². The van der Waals surface area contributed by atoms with E-state index in [1.165, 1.54) is 15.2 Å². The molecule has 7 aromatic heterocycles. The van der Waals surface area contributed by atoms with Crippen LogP contribution in [0.25, 0.3) is 44.4 Å². The molecule has 1 aliphatic carbocycles. The summed E-state index contributed by atoms with van der Waals surface area (Å²) in [6.07, 6.45) is 12.9. The van der Waals surface area contributed by atoms with Gasteiger partial charge in [0.05, 0.1) is 16.2 Å². The molecule has 1 aliphatic heterocycles. The topological polar surface area (TPSA) is 255 Å². The van der Waals surface area contributed by atoms with Crippen molar-refractivity contribution in [1.82, 2.24) is 57.7 Å². The third-order valence-corrected chi connectivity index (χ3v) is 19.8. The van der Waals surface area contributed by atoms with Crippen molar-refractivity contribution in [3.05, 3.63) is 172 Å². The summed E-state index contributed by atoms with van der Waals surface area (Å²) in [4.78, 5) is 73.9. The second kappa shape index (κ2) is 24.2. The van der Waals surface area contributed by atoms with Gasteiger partial charge in [0.1, 0.15) is 27.0 Å². The van der Waals surface area contributed by atoms with Crippen molar-refractivity contribution in [2.45, 2.75) is 135 Å². The summed E-state index contributed by atoms with van der Waals surface area (Å²) in [5, 5.41) is 26.6. The van der Waals surface area contributed by atoms with Crippen molar-refractivity contribution in [2.24, 2.45) is 7.05 Å². The summed E-state index contributed by atoms with van der Waals surface area (Å²) in [6.45, 7) is 13.8. The second-order valence-electron chi connectivity index (χ2n) is 24.2. The molecule has 2 fully saturated rings. The van der Waals surface area contributed by atoms with Crippen molar-refractivity contribution in [3.8, 4) is 11.3 Å². The highest BCUT2D eigenvalue weighted by Gasteiger charge is 2.30. The van der Waals surface area contributed by atoms with Gasteiger partial charge >= 0.3 is 0 Å². The molecule has 0 bridgehead atoms. The van der Waals surface area contributed by atoms with Gasteiger partial charge in [0.25, 0.3) is 16.7 Å². The average Bonchev–Trinajstić information content (AvgIpc) is 1.01. The maximum absolute atomic E-state index is 15.3. The molecule has 2 aliphatic rings. The number of aromatic nitrogens is 11. The van der Waals surface area contributed by atoms with Crippen LogP contribution in [0, 0.1) is 20.8 Å². The third-order valence-electron chi connectivity index (χ3n) is 17.2. The lowest BCUT2D eigenvalue weighted by molar-refractivity contribution is 0.0785. The summed E-state index contributed by atoms with van der Waals surface area (Å²) in [5.74, 6) is 0.644. The zero-order chi connectivity index (χ0) is 62.8. The first kappa shape index (κ1) is 60.9. The molecular weight excluding hydrogens is 1190 g/mol. The number of nitrogens with one attached hydrogen (secondary N) is 3. The van der Waals surface area contributed by atoms with Crippen LogP contribution in [0.15, 0.2) is 117 Å². The predicted octanol–water partition coefficient (Wildman–Crippen LogP) is 12.0. The Bertz CT molecular complexity index is 4760. The van der Waals surface area contributed by atoms with Crippen molar-refractivity contribution in [2.75, 3.05) is 29.0 Å². The molecule has 0 radical (unpaired) electrons. The maximum Gasteiger partial charge on any atom is 0.271 e. The van der Waals surface area contributed by atoms with E-state index in [1.807, 2.05) is 90.3 Å². The van der Waals surface area contributed by atoms with E-state index < -0.39 is 38.8 Å². The van der Waals surface area contributed by atoms with Crippen LogP contribution in [-0.4, -0.2) is 84.3 Å². The first-order valence-corrected chi connectivity index (χ1v) is 32.1. The van der Waals surface area contributed by atoms with Gasteiger partial charge < -0.3 is 21.1 Å². The van der Waals surface area contributed by atoms with Gasteiger partial charge in [-0.2, -0.15) is 24.4 Å². The number of sulfonamides is 1. The van der Waals surface area contributed by atoms with Gasteiger partial charge in [-0.25, -0.2) is 23.4 Å². The minimum absolute atomic E-state index is 0.0305. The van der Waals surface area contributed by atoms with Gasteiger partial charge in [-0.3, -0.25) is 32.8 Å². The number of hydrogen-bond donors (Lipinski definition) is 4. The van der Waals surface area contributed by atoms with E-state index in [9.17, 15) is 18.3 Å². The SMILES string of the molecule is Cc1cc(-c2ccn(C)n2)ccc1Nc1ncc2cc(Cl)c(=O)n(C(C)Cc3c(Cl)c(=O)n(C(C)Cc4cc5cnc(Nc6ccc(S(=O)(=O)N7CCCCC7)cc6C)nc5n(C5CCCC5)c4=O)c4nc(Nc5ccc(C(C)(C)O)cc5C)ncc34)c2n1. The van der Waals surface area contributed by atoms with Crippen LogP contribution in [0.2, 0.25) is 10.0 Å². The Labute approximate surface area is 523 Å². The fourth-order valence-corrected chi connectivity index (χ4v) is 14.5. The zero-order valence-electron chi connectivity index (χ0n) is 50.8. The molecular formula is C65H69Cl2N15O6S. The first-order valence-electron chi connectivity index (χ1n) is 30.0. The largest absolute Gasteiger partial charge is 0.386 e. The third kappa shape index (κ3) is 12.0. The summed E-state index contributed by atoms with van der Waals surface area (Å²) >= 11 is 14.0. The normalized spacial score (nSPS) is 15.1. The van der Waals surface area contributed by atoms with Crippen molar-refractivity contribution >= 4 is 101 Å². The van der Waals surface area contributed by atoms with E-state index in [4.69, 9.17) is 48.1 Å². The monoisotopic (exact) mass is 1260 g/mol. The molecule has 1 saturated heterocycles. The fourth-order valence-electron chi connectivity index (χ4n) is 12.4. The van der Waals surface area contributed by atoms with Crippen molar-refractivity contribution in [1.29, 1.82) is 0 Å². The van der Waals surface area contributed by atoms with Crippen LogP contribution in [0.1, 0.15) is 124 Å². The number of nitrogens with zero attached hydrogens (tertiary/aromatic N) is 12. The number of piperidine rings is 1. The van der Waals surface area contributed by atoms with Gasteiger partial charge in [0.15, 0.2) is 0 Å². The Hall–Kier alpha value is -8.41. The molecule has 3 aromatic carbocycles. The maximum atomic E-state index is 15.3. The van der Waals surface area contributed by atoms with Crippen LogP contribution in [-0.2, 0) is 35.5 Å². The molecule has 21 nitrogen and oxygen atoms in total. The van der Waals surface area contributed by atoms with Crippen LogP contribution in [0.3, 0.4) is 0 Å². The number of fused-ring (bicyclic) bond motifs is 3. The minimum atomic E-state index is -3.65. The molecule has 460 valence electrons. The zero-order valence-corrected chi connectivity index (χ0v) is 53.1. The Morgan fingerprint density at radius 1 is 0.652 bits per heavy atom. The van der Waals surface area contributed by atoms with Gasteiger partial charge in [0.2, 0.25) is 27.9 Å². The Morgan fingerprint density at radius 2 is 1.22 bits per heavy atom. The summed E-state index contributed by atoms with van der Waals surface area (Å²) < 4.78 is 35.1. The molecule has 0 amide bonds. The molecule has 8 heterocycles. The fraction of sp³-hybridized carbons (Fsp3) is 0.354. The molecule has 0 spiro atoms. The Balaban J connectivity index is 0.904. The summed E-state index contributed by atoms with van der Waals surface area (Å²) in [5.41, 5.74) is 6.29. The van der Waals surface area contributed by atoms with Gasteiger partial charge in [-0.1, -0.05) is 60.7 Å². The number of aryl methyl sites for hydroxylation is 4. The highest BCUT2D eigenvalue weighted by molar-refractivity contribution is 7.89. The van der Waals surface area contributed by atoms with Crippen LogP contribution >= 0.6 is 23.2 Å². The molecule has 12 rings (SSSR count). The molecule has 24 heteroatoms. The summed E-state index contributed by atoms with van der Waals surface area (Å²) in [7, 11) is -1.79. The Kier molecular flexibility index (Phi) is 16.5. The standard InChI is InChI=1S/C65H69Cl2N15O6S/c1-36-26-41(54-22-25-78(8)77-54)16-19-51(36)71-62-69-34-44-32-50(66)60(84)80(56(44)74-62)40(5)30-48-49-35-70-64(72-52-20-17-45(27-37(52)2)65(6,7)86)76-58(49)81(61(85)55(48)67)39(4)29-42-31-43-33-68-63(75-57(43)82(59(42)83)46-14-10-11-15-46)73-53-21-18-47(28-38(53)3)89(87,88)79-23-12-9-13-24-79/h16-22,25-28,31-35,39-40,46,86H,9-15,23-24,29-30H2,1-8H3,(H,68,73,75)(H,69,71,74)(H,70,72,76). The highest BCUT2D eigenvalue weighted by Crippen LogP contribution is 2.36. The number of hydrogen-bond acceptors (Lipinski definition) is 16. The number of aliphatic hydroxyl groups is 1. The quantitative estimate of drug-likeness (QED) is 0.0661. The number of halogens is 2. The number of pyridine rings is 3. The smallest absolute Gasteiger partial charge is 0.271 e. The highest BCUT2D eigenvalue weighted by atomic mass is 35.5. The lowest BCUT2D eigenvalue weighted by atomic mass is 9.96. The van der Waals surface area contributed by atoms with Crippen LogP contribution in [0.5, 0.6) is 0 Å². The lowest BCUT2D eigenvalue weighted by Gasteiger charge is -2.26. The lowest BCUT2D eigenvalue weighted by Crippen LogP contribution is -2.35. The van der Waals surface area contributed by atoms with Crippen molar-refractivity contribution in [3.63, 3.8) is 0 Å². The number of anilines is 6. The van der Waals surface area contributed by atoms with Crippen molar-refractivity contribution < 1.29 is 13.5 Å². The van der Waals surface area contributed by atoms with Gasteiger partial charge in [0, 0.05) is 107 Å². The molecule has 89 heavy (non-hydrogen) atoms. The minimum Gasteiger partial charge on any atom is -0.386 e. The molecule has 2 unspecified atom stereocenters. The molecule has 10 aromatic rings. The molecule has 1 saturated carbocycles. The van der Waals surface area contributed by atoms with E-state index >= 15 is 9.59 Å². The molecule has 4 N–H and O–H groups in total. The van der Waals surface area contributed by atoms with E-state index in [1.54, 1.807) is 70.3 Å². The Morgan fingerprint density at radius 3 is 1.84 bits per heavy atom. The first-order chi connectivity index (χ1) is 42.5. The van der Waals surface area contributed by atoms with Crippen LogP contribution < -0.4 is 32.6 Å². The van der Waals surface area contributed by atoms with Gasteiger partial charge in [-0.15, -0.1) is 0 Å². The average molecular weight is 1260 g/mol. The van der Waals surface area contributed by atoms with Crippen LogP contribution in [0.4, 0.5) is 34.9 Å². The number of rotatable bonds is 17. The number of benzene rings is 3. The van der Waals surface area contributed by atoms with E-state index in [2.05, 4.69) is 26.0 Å².